The highest BCUT2D eigenvalue weighted by atomic mass is 35.5. The summed E-state index contributed by atoms with van der Waals surface area (Å²) in [6.07, 6.45) is 0. The maximum atomic E-state index is 12.1. The lowest BCUT2D eigenvalue weighted by Gasteiger charge is -2.09. The standard InChI is InChI=1S/C13H10ClF2NO4/c14-9-5-7(1-3-10(9)21-13(15)16)17-6-8-2-4-11(20-8)12(18)19/h1-5,13,17H,6H2,(H,18,19). The largest absolute Gasteiger partial charge is 0.475 e. The molecule has 21 heavy (non-hydrogen) atoms. The van der Waals surface area contributed by atoms with Crippen molar-refractivity contribution in [3.8, 4) is 5.75 Å². The van der Waals surface area contributed by atoms with Gasteiger partial charge in [0.2, 0.25) is 5.76 Å². The highest BCUT2D eigenvalue weighted by Gasteiger charge is 2.10. The highest BCUT2D eigenvalue weighted by molar-refractivity contribution is 6.32. The van der Waals surface area contributed by atoms with Crippen LogP contribution in [0, 0.1) is 0 Å². The number of hydrogen-bond acceptors (Lipinski definition) is 4. The van der Waals surface area contributed by atoms with E-state index in [1.807, 2.05) is 0 Å². The summed E-state index contributed by atoms with van der Waals surface area (Å²) in [5.41, 5.74) is 0.551. The molecule has 0 aliphatic heterocycles. The summed E-state index contributed by atoms with van der Waals surface area (Å²) in [6, 6.07) is 7.09. The van der Waals surface area contributed by atoms with Crippen molar-refractivity contribution in [2.45, 2.75) is 13.2 Å². The average Bonchev–Trinajstić information content (AvgIpc) is 2.88. The zero-order chi connectivity index (χ0) is 15.4. The fourth-order valence-electron chi connectivity index (χ4n) is 1.58. The third-order valence-corrected chi connectivity index (χ3v) is 2.78. The average molecular weight is 318 g/mol. The molecular weight excluding hydrogens is 308 g/mol. The molecule has 0 fully saturated rings. The van der Waals surface area contributed by atoms with Crippen molar-refractivity contribution in [2.75, 3.05) is 5.32 Å². The molecule has 112 valence electrons. The van der Waals surface area contributed by atoms with Gasteiger partial charge in [-0.1, -0.05) is 11.6 Å². The lowest BCUT2D eigenvalue weighted by Crippen LogP contribution is -2.03. The van der Waals surface area contributed by atoms with E-state index in [9.17, 15) is 13.6 Å². The second kappa shape index (κ2) is 6.45. The van der Waals surface area contributed by atoms with Crippen molar-refractivity contribution in [1.82, 2.24) is 0 Å². The Labute approximate surface area is 123 Å². The van der Waals surface area contributed by atoms with Crippen molar-refractivity contribution in [3.63, 3.8) is 0 Å². The zero-order valence-electron chi connectivity index (χ0n) is 10.5. The van der Waals surface area contributed by atoms with Crippen LogP contribution in [0.2, 0.25) is 5.02 Å². The minimum absolute atomic E-state index is 0.0333. The molecule has 1 aromatic carbocycles. The van der Waals surface area contributed by atoms with E-state index in [1.54, 1.807) is 0 Å². The maximum absolute atomic E-state index is 12.1. The van der Waals surface area contributed by atoms with Gasteiger partial charge in [-0.25, -0.2) is 4.79 Å². The first-order valence-electron chi connectivity index (χ1n) is 5.76. The number of furan rings is 1. The van der Waals surface area contributed by atoms with E-state index in [-0.39, 0.29) is 23.1 Å². The number of benzene rings is 1. The number of rotatable bonds is 6. The first-order chi connectivity index (χ1) is 9.95. The van der Waals surface area contributed by atoms with Gasteiger partial charge in [0, 0.05) is 5.69 Å². The summed E-state index contributed by atoms with van der Waals surface area (Å²) < 4.78 is 33.4. The smallest absolute Gasteiger partial charge is 0.387 e. The second-order valence-corrected chi connectivity index (χ2v) is 4.36. The number of carboxylic acid groups (broad SMARTS) is 1. The monoisotopic (exact) mass is 317 g/mol. The van der Waals surface area contributed by atoms with Gasteiger partial charge in [0.1, 0.15) is 11.5 Å². The van der Waals surface area contributed by atoms with E-state index in [0.717, 1.165) is 0 Å². The predicted octanol–water partition coefficient (Wildman–Crippen LogP) is 3.84. The molecule has 0 saturated heterocycles. The van der Waals surface area contributed by atoms with E-state index in [4.69, 9.17) is 21.1 Å². The predicted molar refractivity (Wildman–Crippen MR) is 71.1 cm³/mol. The molecule has 0 radical (unpaired) electrons. The quantitative estimate of drug-likeness (QED) is 0.847. The van der Waals surface area contributed by atoms with Crippen LogP contribution in [-0.2, 0) is 6.54 Å². The molecule has 5 nitrogen and oxygen atoms in total. The molecule has 8 heteroatoms. The molecule has 1 heterocycles. The molecule has 2 rings (SSSR count). The number of alkyl halides is 2. The maximum Gasteiger partial charge on any atom is 0.387 e. The van der Waals surface area contributed by atoms with Crippen LogP contribution >= 0.6 is 11.6 Å². The van der Waals surface area contributed by atoms with Gasteiger partial charge in [0.05, 0.1) is 11.6 Å². The number of halogens is 3. The molecule has 0 aliphatic rings. The highest BCUT2D eigenvalue weighted by Crippen LogP contribution is 2.29. The third kappa shape index (κ3) is 4.09. The first kappa shape index (κ1) is 15.1. The van der Waals surface area contributed by atoms with Crippen LogP contribution < -0.4 is 10.1 Å². The van der Waals surface area contributed by atoms with Crippen molar-refractivity contribution < 1.29 is 27.8 Å². The summed E-state index contributed by atoms with van der Waals surface area (Å²) in [5, 5.41) is 11.7. The Morgan fingerprint density at radius 1 is 1.38 bits per heavy atom. The Morgan fingerprint density at radius 2 is 2.14 bits per heavy atom. The van der Waals surface area contributed by atoms with Crippen molar-refractivity contribution in [3.05, 3.63) is 46.9 Å². The molecule has 0 bridgehead atoms. The van der Waals surface area contributed by atoms with Crippen molar-refractivity contribution in [2.24, 2.45) is 0 Å². The minimum atomic E-state index is -2.95. The van der Waals surface area contributed by atoms with Crippen LogP contribution in [0.15, 0.2) is 34.7 Å². The molecule has 0 saturated carbocycles. The summed E-state index contributed by atoms with van der Waals surface area (Å²) in [4.78, 5) is 10.7. The van der Waals surface area contributed by atoms with Gasteiger partial charge in [0.25, 0.3) is 0 Å². The van der Waals surface area contributed by atoms with Crippen molar-refractivity contribution >= 4 is 23.3 Å². The Morgan fingerprint density at radius 3 is 2.71 bits per heavy atom. The molecule has 0 unspecified atom stereocenters. The number of carboxylic acids is 1. The van der Waals surface area contributed by atoms with Gasteiger partial charge in [-0.05, 0) is 30.3 Å². The van der Waals surface area contributed by atoms with Gasteiger partial charge >= 0.3 is 12.6 Å². The number of ether oxygens (including phenoxy) is 1. The first-order valence-corrected chi connectivity index (χ1v) is 6.14. The fourth-order valence-corrected chi connectivity index (χ4v) is 1.80. The molecule has 0 spiro atoms. The molecule has 0 aliphatic carbocycles. The summed E-state index contributed by atoms with van der Waals surface area (Å²) in [6.45, 7) is -2.72. The van der Waals surface area contributed by atoms with Crippen LogP contribution in [0.4, 0.5) is 14.5 Å². The van der Waals surface area contributed by atoms with Gasteiger partial charge in [-0.15, -0.1) is 0 Å². The Kier molecular flexibility index (Phi) is 4.64. The lowest BCUT2D eigenvalue weighted by molar-refractivity contribution is -0.0497. The van der Waals surface area contributed by atoms with Gasteiger partial charge in [0.15, 0.2) is 0 Å². The van der Waals surface area contributed by atoms with Gasteiger partial charge in [-0.2, -0.15) is 8.78 Å². The number of carbonyl (C=O) groups is 1. The molecule has 0 amide bonds. The normalized spacial score (nSPS) is 10.7. The van der Waals surface area contributed by atoms with Crippen LogP contribution in [0.3, 0.4) is 0 Å². The summed E-state index contributed by atoms with van der Waals surface area (Å²) >= 11 is 5.80. The van der Waals surface area contributed by atoms with Gasteiger partial charge in [-0.3, -0.25) is 0 Å². The SMILES string of the molecule is O=C(O)c1ccc(CNc2ccc(OC(F)F)c(Cl)c2)o1. The number of hydrogen-bond donors (Lipinski definition) is 2. The zero-order valence-corrected chi connectivity index (χ0v) is 11.2. The van der Waals surface area contributed by atoms with E-state index >= 15 is 0 Å². The lowest BCUT2D eigenvalue weighted by atomic mass is 10.3. The van der Waals surface area contributed by atoms with E-state index in [0.29, 0.717) is 11.4 Å². The fraction of sp³-hybridized carbons (Fsp3) is 0.154. The van der Waals surface area contributed by atoms with E-state index in [1.165, 1.54) is 30.3 Å². The number of anilines is 1. The van der Waals surface area contributed by atoms with Crippen LogP contribution in [0.25, 0.3) is 0 Å². The van der Waals surface area contributed by atoms with Crippen molar-refractivity contribution in [1.29, 1.82) is 0 Å². The summed E-state index contributed by atoms with van der Waals surface area (Å²) in [7, 11) is 0. The van der Waals surface area contributed by atoms with E-state index < -0.39 is 12.6 Å². The molecule has 0 atom stereocenters. The minimum Gasteiger partial charge on any atom is -0.475 e. The second-order valence-electron chi connectivity index (χ2n) is 3.95. The molecule has 1 aromatic heterocycles. The topological polar surface area (TPSA) is 71.7 Å². The molecular formula is C13H10ClF2NO4. The van der Waals surface area contributed by atoms with Crippen LogP contribution in [0.5, 0.6) is 5.75 Å². The molecule has 2 aromatic rings. The van der Waals surface area contributed by atoms with Crippen LogP contribution in [0.1, 0.15) is 16.3 Å². The summed E-state index contributed by atoms with van der Waals surface area (Å²) in [5.74, 6) is -1.02. The van der Waals surface area contributed by atoms with Gasteiger partial charge < -0.3 is 19.6 Å². The number of aromatic carboxylic acids is 1. The molecule has 2 N–H and O–H groups in total. The Bertz CT molecular complexity index is 645. The van der Waals surface area contributed by atoms with E-state index in [2.05, 4.69) is 10.1 Å². The Hall–Kier alpha value is -2.28. The van der Waals surface area contributed by atoms with Crippen LogP contribution in [-0.4, -0.2) is 17.7 Å². The number of nitrogens with one attached hydrogen (secondary N) is 1. The Balaban J connectivity index is 1.99. The third-order valence-electron chi connectivity index (χ3n) is 2.49.